The maximum atomic E-state index is 6.34. The van der Waals surface area contributed by atoms with Crippen molar-refractivity contribution in [3.05, 3.63) is 0 Å². The SMILES string of the molecule is C1CCC2(C1)CCC(CC1CCNC1)O2. The van der Waals surface area contributed by atoms with Crippen LogP contribution in [0.25, 0.3) is 0 Å². The number of rotatable bonds is 2. The molecule has 3 aliphatic rings. The van der Waals surface area contributed by atoms with Gasteiger partial charge in [-0.3, -0.25) is 0 Å². The highest BCUT2D eigenvalue weighted by Crippen LogP contribution is 2.44. The van der Waals surface area contributed by atoms with E-state index in [0.29, 0.717) is 11.7 Å². The molecule has 0 aromatic carbocycles. The van der Waals surface area contributed by atoms with Crippen LogP contribution in [0.1, 0.15) is 51.4 Å². The molecule has 3 fully saturated rings. The van der Waals surface area contributed by atoms with Gasteiger partial charge in [0, 0.05) is 0 Å². The summed E-state index contributed by atoms with van der Waals surface area (Å²) >= 11 is 0. The molecule has 1 spiro atoms. The van der Waals surface area contributed by atoms with Crippen molar-refractivity contribution in [2.75, 3.05) is 13.1 Å². The van der Waals surface area contributed by atoms with Crippen molar-refractivity contribution >= 4 is 0 Å². The van der Waals surface area contributed by atoms with Crippen LogP contribution in [0.2, 0.25) is 0 Å². The van der Waals surface area contributed by atoms with Gasteiger partial charge in [-0.05, 0) is 57.5 Å². The zero-order valence-electron chi connectivity index (χ0n) is 9.63. The Kier molecular flexibility index (Phi) is 2.73. The van der Waals surface area contributed by atoms with E-state index < -0.39 is 0 Å². The fraction of sp³-hybridized carbons (Fsp3) is 1.00. The monoisotopic (exact) mass is 209 g/mol. The maximum Gasteiger partial charge on any atom is 0.0687 e. The molecule has 2 saturated heterocycles. The first kappa shape index (κ1) is 10.1. The Morgan fingerprint density at radius 2 is 2.00 bits per heavy atom. The largest absolute Gasteiger partial charge is 0.372 e. The third kappa shape index (κ3) is 2.07. The Bertz CT molecular complexity index is 217. The zero-order chi connectivity index (χ0) is 10.1. The molecule has 3 rings (SSSR count). The second-order valence-electron chi connectivity index (χ2n) is 5.76. The number of ether oxygens (including phenoxy) is 1. The van der Waals surface area contributed by atoms with Gasteiger partial charge in [0.2, 0.25) is 0 Å². The lowest BCUT2D eigenvalue weighted by atomic mass is 9.96. The van der Waals surface area contributed by atoms with Crippen molar-refractivity contribution in [3.8, 4) is 0 Å². The van der Waals surface area contributed by atoms with Crippen LogP contribution in [-0.2, 0) is 4.74 Å². The minimum absolute atomic E-state index is 0.344. The highest BCUT2D eigenvalue weighted by molar-refractivity contribution is 4.93. The molecule has 2 aliphatic heterocycles. The number of hydrogen-bond acceptors (Lipinski definition) is 2. The second-order valence-corrected chi connectivity index (χ2v) is 5.76. The molecule has 1 aliphatic carbocycles. The van der Waals surface area contributed by atoms with Crippen molar-refractivity contribution in [1.82, 2.24) is 5.32 Å². The highest BCUT2D eigenvalue weighted by atomic mass is 16.5. The molecule has 0 bridgehead atoms. The van der Waals surface area contributed by atoms with Crippen molar-refractivity contribution in [2.24, 2.45) is 5.92 Å². The molecule has 1 N–H and O–H groups in total. The van der Waals surface area contributed by atoms with E-state index in [2.05, 4.69) is 5.32 Å². The third-order valence-electron chi connectivity index (χ3n) is 4.61. The van der Waals surface area contributed by atoms with Gasteiger partial charge in [0.25, 0.3) is 0 Å². The first-order chi connectivity index (χ1) is 7.36. The van der Waals surface area contributed by atoms with Crippen LogP contribution in [-0.4, -0.2) is 24.8 Å². The van der Waals surface area contributed by atoms with Gasteiger partial charge in [-0.1, -0.05) is 12.8 Å². The van der Waals surface area contributed by atoms with Gasteiger partial charge in [-0.15, -0.1) is 0 Å². The number of nitrogens with one attached hydrogen (secondary N) is 1. The van der Waals surface area contributed by atoms with E-state index in [4.69, 9.17) is 4.74 Å². The molecule has 2 unspecified atom stereocenters. The summed E-state index contributed by atoms with van der Waals surface area (Å²) in [5, 5.41) is 3.45. The molecule has 0 amide bonds. The quantitative estimate of drug-likeness (QED) is 0.754. The summed E-state index contributed by atoms with van der Waals surface area (Å²) in [5.74, 6) is 0.895. The van der Waals surface area contributed by atoms with Crippen molar-refractivity contribution < 1.29 is 4.74 Å². The van der Waals surface area contributed by atoms with Crippen LogP contribution in [0, 0.1) is 5.92 Å². The Labute approximate surface area is 92.8 Å². The fourth-order valence-corrected chi connectivity index (χ4v) is 3.74. The smallest absolute Gasteiger partial charge is 0.0687 e. The molecule has 2 nitrogen and oxygen atoms in total. The van der Waals surface area contributed by atoms with Crippen LogP contribution in [0.5, 0.6) is 0 Å². The normalized spacial score (nSPS) is 39.2. The minimum atomic E-state index is 0.344. The Balaban J connectivity index is 1.52. The lowest BCUT2D eigenvalue weighted by Crippen LogP contribution is -2.26. The summed E-state index contributed by atoms with van der Waals surface area (Å²) in [5.41, 5.74) is 0.344. The van der Waals surface area contributed by atoms with Gasteiger partial charge >= 0.3 is 0 Å². The molecule has 2 atom stereocenters. The lowest BCUT2D eigenvalue weighted by Gasteiger charge is -2.24. The highest BCUT2D eigenvalue weighted by Gasteiger charge is 2.42. The van der Waals surface area contributed by atoms with Crippen LogP contribution in [0.15, 0.2) is 0 Å². The second kappa shape index (κ2) is 4.06. The summed E-state index contributed by atoms with van der Waals surface area (Å²) in [4.78, 5) is 0. The van der Waals surface area contributed by atoms with Gasteiger partial charge in [0.1, 0.15) is 0 Å². The van der Waals surface area contributed by atoms with Crippen LogP contribution < -0.4 is 5.32 Å². The van der Waals surface area contributed by atoms with Gasteiger partial charge in [0.15, 0.2) is 0 Å². The van der Waals surface area contributed by atoms with Crippen molar-refractivity contribution in [3.63, 3.8) is 0 Å². The fourth-order valence-electron chi connectivity index (χ4n) is 3.74. The van der Waals surface area contributed by atoms with Gasteiger partial charge in [-0.25, -0.2) is 0 Å². The van der Waals surface area contributed by atoms with Gasteiger partial charge in [-0.2, -0.15) is 0 Å². The molecule has 0 aromatic heterocycles. The molecular formula is C13H23NO. The van der Waals surface area contributed by atoms with E-state index >= 15 is 0 Å². The minimum Gasteiger partial charge on any atom is -0.372 e. The first-order valence-corrected chi connectivity index (χ1v) is 6.75. The maximum absolute atomic E-state index is 6.34. The van der Waals surface area contributed by atoms with E-state index in [-0.39, 0.29) is 0 Å². The Morgan fingerprint density at radius 3 is 2.73 bits per heavy atom. The Morgan fingerprint density at radius 1 is 1.13 bits per heavy atom. The average Bonchev–Trinajstić information content (AvgIpc) is 2.92. The molecule has 0 aromatic rings. The standard InChI is InChI=1S/C13H23NO/c1-2-6-13(5-1)7-3-12(15-13)9-11-4-8-14-10-11/h11-12,14H,1-10H2. The zero-order valence-corrected chi connectivity index (χ0v) is 9.63. The average molecular weight is 209 g/mol. The van der Waals surface area contributed by atoms with E-state index in [9.17, 15) is 0 Å². The molecule has 2 heterocycles. The van der Waals surface area contributed by atoms with Crippen LogP contribution in [0.4, 0.5) is 0 Å². The number of hydrogen-bond donors (Lipinski definition) is 1. The molecule has 86 valence electrons. The summed E-state index contributed by atoms with van der Waals surface area (Å²) in [6.07, 6.45) is 11.4. The molecule has 1 saturated carbocycles. The Hall–Kier alpha value is -0.0800. The lowest BCUT2D eigenvalue weighted by molar-refractivity contribution is -0.0433. The molecule has 15 heavy (non-hydrogen) atoms. The van der Waals surface area contributed by atoms with E-state index in [0.717, 1.165) is 5.92 Å². The summed E-state index contributed by atoms with van der Waals surface area (Å²) in [7, 11) is 0. The third-order valence-corrected chi connectivity index (χ3v) is 4.61. The summed E-state index contributed by atoms with van der Waals surface area (Å²) in [6, 6.07) is 0. The summed E-state index contributed by atoms with van der Waals surface area (Å²) in [6.45, 7) is 2.45. The van der Waals surface area contributed by atoms with Crippen LogP contribution >= 0.6 is 0 Å². The van der Waals surface area contributed by atoms with E-state index in [1.54, 1.807) is 0 Å². The van der Waals surface area contributed by atoms with Crippen LogP contribution in [0.3, 0.4) is 0 Å². The summed E-state index contributed by atoms with van der Waals surface area (Å²) < 4.78 is 6.34. The molecule has 2 heteroatoms. The van der Waals surface area contributed by atoms with E-state index in [1.807, 2.05) is 0 Å². The predicted octanol–water partition coefficient (Wildman–Crippen LogP) is 2.48. The predicted molar refractivity (Wildman–Crippen MR) is 60.9 cm³/mol. The van der Waals surface area contributed by atoms with Crippen molar-refractivity contribution in [1.29, 1.82) is 0 Å². The molecule has 0 radical (unpaired) electrons. The molecular weight excluding hydrogens is 186 g/mol. The first-order valence-electron chi connectivity index (χ1n) is 6.75. The van der Waals surface area contributed by atoms with Crippen molar-refractivity contribution in [2.45, 2.75) is 63.1 Å². The van der Waals surface area contributed by atoms with E-state index in [1.165, 1.54) is 64.5 Å². The van der Waals surface area contributed by atoms with Gasteiger partial charge < -0.3 is 10.1 Å². The van der Waals surface area contributed by atoms with Gasteiger partial charge in [0.05, 0.1) is 11.7 Å². The topological polar surface area (TPSA) is 21.3 Å².